The number of hydrogen-bond donors (Lipinski definition) is 2. The van der Waals surface area contributed by atoms with E-state index in [2.05, 4.69) is 14.9 Å². The number of benzene rings is 2. The second-order valence-corrected chi connectivity index (χ2v) is 7.94. The number of carbonyl (C=O) groups is 1. The van der Waals surface area contributed by atoms with Crippen molar-refractivity contribution in [3.63, 3.8) is 0 Å². The highest BCUT2D eigenvalue weighted by Gasteiger charge is 2.08. The molecule has 7 heteroatoms. The number of rotatable bonds is 7. The van der Waals surface area contributed by atoms with Crippen LogP contribution in [0.15, 0.2) is 48.5 Å². The van der Waals surface area contributed by atoms with Gasteiger partial charge in [-0.15, -0.1) is 0 Å². The molecule has 0 aliphatic heterocycles. The van der Waals surface area contributed by atoms with E-state index in [9.17, 15) is 13.2 Å². The lowest BCUT2D eigenvalue weighted by molar-refractivity contribution is 0.0951. The topological polar surface area (TPSA) is 78.5 Å². The standard InChI is InChI=1S/C18H23N3O3S/c1-21(2)13-15-9-7-14(8-10-15)12-19-18(22)16-5-4-6-17(11-16)20-25(3,23)24/h4-11,20H,12-13H2,1-3H3,(H,19,22). The Morgan fingerprint density at radius 2 is 1.68 bits per heavy atom. The minimum absolute atomic E-state index is 0.255. The Morgan fingerprint density at radius 3 is 2.28 bits per heavy atom. The van der Waals surface area contributed by atoms with Gasteiger partial charge in [0.05, 0.1) is 6.26 Å². The van der Waals surface area contributed by atoms with Gasteiger partial charge in [-0.05, 0) is 43.4 Å². The van der Waals surface area contributed by atoms with Crippen LogP contribution in [0.3, 0.4) is 0 Å². The van der Waals surface area contributed by atoms with Crippen LogP contribution in [0.1, 0.15) is 21.5 Å². The van der Waals surface area contributed by atoms with Gasteiger partial charge in [0.1, 0.15) is 0 Å². The van der Waals surface area contributed by atoms with Crippen molar-refractivity contribution in [2.75, 3.05) is 25.1 Å². The predicted molar refractivity (Wildman–Crippen MR) is 99.9 cm³/mol. The third-order valence-corrected chi connectivity index (χ3v) is 4.01. The van der Waals surface area contributed by atoms with Crippen LogP contribution in [0.4, 0.5) is 5.69 Å². The number of nitrogens with zero attached hydrogens (tertiary/aromatic N) is 1. The largest absolute Gasteiger partial charge is 0.348 e. The van der Waals surface area contributed by atoms with Crippen LogP contribution in [-0.4, -0.2) is 39.6 Å². The predicted octanol–water partition coefficient (Wildman–Crippen LogP) is 2.05. The maximum atomic E-state index is 12.3. The number of hydrogen-bond acceptors (Lipinski definition) is 4. The molecule has 0 atom stereocenters. The fourth-order valence-electron chi connectivity index (χ4n) is 2.35. The summed E-state index contributed by atoms with van der Waals surface area (Å²) in [6.45, 7) is 1.28. The Bertz CT molecular complexity index is 831. The highest BCUT2D eigenvalue weighted by atomic mass is 32.2. The summed E-state index contributed by atoms with van der Waals surface area (Å²) in [4.78, 5) is 14.3. The van der Waals surface area contributed by atoms with E-state index in [-0.39, 0.29) is 5.91 Å². The van der Waals surface area contributed by atoms with Crippen molar-refractivity contribution >= 4 is 21.6 Å². The molecule has 1 amide bonds. The smallest absolute Gasteiger partial charge is 0.251 e. The summed E-state index contributed by atoms with van der Waals surface area (Å²) in [5.41, 5.74) is 2.97. The lowest BCUT2D eigenvalue weighted by Crippen LogP contribution is -2.23. The molecule has 0 saturated carbocycles. The normalized spacial score (nSPS) is 11.4. The highest BCUT2D eigenvalue weighted by molar-refractivity contribution is 7.92. The number of sulfonamides is 1. The molecule has 0 aliphatic carbocycles. The van der Waals surface area contributed by atoms with Gasteiger partial charge in [-0.1, -0.05) is 30.3 Å². The quantitative estimate of drug-likeness (QED) is 0.791. The fraction of sp³-hybridized carbons (Fsp3) is 0.278. The Hall–Kier alpha value is -2.38. The van der Waals surface area contributed by atoms with E-state index in [1.807, 2.05) is 38.4 Å². The molecule has 0 aliphatic rings. The van der Waals surface area contributed by atoms with Gasteiger partial charge >= 0.3 is 0 Å². The number of anilines is 1. The lowest BCUT2D eigenvalue weighted by atomic mass is 10.1. The molecular weight excluding hydrogens is 338 g/mol. The molecule has 0 radical (unpaired) electrons. The number of carbonyl (C=O) groups excluding carboxylic acids is 1. The minimum atomic E-state index is -3.37. The summed E-state index contributed by atoms with van der Waals surface area (Å²) in [5, 5.41) is 2.84. The molecule has 0 unspecified atom stereocenters. The van der Waals surface area contributed by atoms with E-state index >= 15 is 0 Å². The summed E-state index contributed by atoms with van der Waals surface area (Å²) >= 11 is 0. The molecule has 134 valence electrons. The van der Waals surface area contributed by atoms with E-state index in [4.69, 9.17) is 0 Å². The lowest BCUT2D eigenvalue weighted by Gasteiger charge is -2.11. The fourth-order valence-corrected chi connectivity index (χ4v) is 2.91. The number of nitrogens with one attached hydrogen (secondary N) is 2. The summed E-state index contributed by atoms with van der Waals surface area (Å²) in [5.74, 6) is -0.255. The zero-order valence-corrected chi connectivity index (χ0v) is 15.4. The van der Waals surface area contributed by atoms with Crippen molar-refractivity contribution in [3.05, 3.63) is 65.2 Å². The molecule has 2 N–H and O–H groups in total. The molecule has 0 heterocycles. The Balaban J connectivity index is 1.97. The molecule has 0 aromatic heterocycles. The van der Waals surface area contributed by atoms with Gasteiger partial charge in [0.15, 0.2) is 0 Å². The average molecular weight is 361 g/mol. The van der Waals surface area contributed by atoms with Gasteiger partial charge in [0, 0.05) is 24.3 Å². The highest BCUT2D eigenvalue weighted by Crippen LogP contribution is 2.12. The zero-order chi connectivity index (χ0) is 18.4. The third-order valence-electron chi connectivity index (χ3n) is 3.40. The first-order valence-corrected chi connectivity index (χ1v) is 9.71. The second kappa shape index (κ2) is 8.13. The average Bonchev–Trinajstić information content (AvgIpc) is 2.52. The SMILES string of the molecule is CN(C)Cc1ccc(CNC(=O)c2cccc(NS(C)(=O)=O)c2)cc1. The van der Waals surface area contributed by atoms with Crippen molar-refractivity contribution in [3.8, 4) is 0 Å². The Morgan fingerprint density at radius 1 is 1.04 bits per heavy atom. The van der Waals surface area contributed by atoms with E-state index in [0.29, 0.717) is 17.8 Å². The Labute approximate surface area is 148 Å². The van der Waals surface area contributed by atoms with Crippen molar-refractivity contribution in [1.29, 1.82) is 0 Å². The first-order valence-electron chi connectivity index (χ1n) is 7.81. The van der Waals surface area contributed by atoms with Crippen LogP contribution in [0.25, 0.3) is 0 Å². The van der Waals surface area contributed by atoms with E-state index < -0.39 is 10.0 Å². The molecule has 2 aromatic carbocycles. The first kappa shape index (κ1) is 19.0. The molecule has 2 rings (SSSR count). The van der Waals surface area contributed by atoms with Gasteiger partial charge in [0.25, 0.3) is 5.91 Å². The van der Waals surface area contributed by atoms with Crippen molar-refractivity contribution in [2.45, 2.75) is 13.1 Å². The van der Waals surface area contributed by atoms with Crippen LogP contribution in [0.2, 0.25) is 0 Å². The summed E-state index contributed by atoms with van der Waals surface area (Å²) in [6, 6.07) is 14.4. The van der Waals surface area contributed by atoms with Crippen LogP contribution in [0, 0.1) is 0 Å². The third kappa shape index (κ3) is 6.56. The van der Waals surface area contributed by atoms with Gasteiger partial charge in [-0.2, -0.15) is 0 Å². The molecular formula is C18H23N3O3S. The van der Waals surface area contributed by atoms with E-state index in [1.165, 1.54) is 11.6 Å². The summed E-state index contributed by atoms with van der Waals surface area (Å²) < 4.78 is 24.9. The molecule has 0 bridgehead atoms. The monoisotopic (exact) mass is 361 g/mol. The van der Waals surface area contributed by atoms with Crippen molar-refractivity contribution in [1.82, 2.24) is 10.2 Å². The first-order chi connectivity index (χ1) is 11.7. The molecule has 6 nitrogen and oxygen atoms in total. The van der Waals surface area contributed by atoms with Gasteiger partial charge < -0.3 is 10.2 Å². The van der Waals surface area contributed by atoms with Gasteiger partial charge in [-0.25, -0.2) is 8.42 Å². The van der Waals surface area contributed by atoms with Crippen molar-refractivity contribution in [2.24, 2.45) is 0 Å². The maximum absolute atomic E-state index is 12.3. The molecule has 25 heavy (non-hydrogen) atoms. The van der Waals surface area contributed by atoms with E-state index in [1.54, 1.807) is 18.2 Å². The van der Waals surface area contributed by atoms with Crippen LogP contribution in [0.5, 0.6) is 0 Å². The second-order valence-electron chi connectivity index (χ2n) is 6.19. The van der Waals surface area contributed by atoms with Crippen LogP contribution >= 0.6 is 0 Å². The molecule has 2 aromatic rings. The van der Waals surface area contributed by atoms with Crippen molar-refractivity contribution < 1.29 is 13.2 Å². The molecule has 0 saturated heterocycles. The molecule has 0 spiro atoms. The van der Waals surface area contributed by atoms with E-state index in [0.717, 1.165) is 18.4 Å². The maximum Gasteiger partial charge on any atom is 0.251 e. The minimum Gasteiger partial charge on any atom is -0.348 e. The zero-order valence-electron chi connectivity index (χ0n) is 14.6. The van der Waals surface area contributed by atoms with Crippen LogP contribution in [-0.2, 0) is 23.1 Å². The number of amides is 1. The summed E-state index contributed by atoms with van der Waals surface area (Å²) in [6.07, 6.45) is 1.07. The Kier molecular flexibility index (Phi) is 6.17. The molecule has 0 fully saturated rings. The van der Waals surface area contributed by atoms with Crippen LogP contribution < -0.4 is 10.0 Å². The van der Waals surface area contributed by atoms with Gasteiger partial charge in [-0.3, -0.25) is 9.52 Å². The van der Waals surface area contributed by atoms with Gasteiger partial charge in [0.2, 0.25) is 10.0 Å². The summed E-state index contributed by atoms with van der Waals surface area (Å²) in [7, 11) is 0.657.